The first-order valence-electron chi connectivity index (χ1n) is 5.65. The third-order valence-electron chi connectivity index (χ3n) is 3.13. The summed E-state index contributed by atoms with van der Waals surface area (Å²) in [6, 6.07) is 11.7. The minimum Gasteiger partial charge on any atom is -0.507 e. The van der Waals surface area contributed by atoms with Crippen LogP contribution >= 0.6 is 0 Å². The molecule has 0 unspecified atom stereocenters. The van der Waals surface area contributed by atoms with E-state index in [1.807, 2.05) is 25.1 Å². The highest BCUT2D eigenvalue weighted by atomic mass is 16.3. The number of phenols is 1. The minimum absolute atomic E-state index is 0.297. The second-order valence-electron chi connectivity index (χ2n) is 4.42. The first kappa shape index (κ1) is 10.1. The molecule has 0 atom stereocenters. The topological polar surface area (TPSA) is 33.1 Å². The number of hydrogen-bond acceptors (Lipinski definition) is 2. The van der Waals surface area contributed by atoms with Crippen LogP contribution < -0.4 is 0 Å². The Morgan fingerprint density at radius 2 is 1.88 bits per heavy atom. The summed E-state index contributed by atoms with van der Waals surface area (Å²) in [5, 5.41) is 13.0. The van der Waals surface area contributed by atoms with E-state index in [9.17, 15) is 5.11 Å². The molecular weight excluding hydrogens is 210 g/mol. The molecule has 0 aliphatic rings. The van der Waals surface area contributed by atoms with Gasteiger partial charge in [0.05, 0.1) is 5.52 Å². The van der Waals surface area contributed by atoms with Crippen molar-refractivity contribution >= 4 is 21.7 Å². The van der Waals surface area contributed by atoms with Gasteiger partial charge in [0.25, 0.3) is 0 Å². The molecule has 0 fully saturated rings. The van der Waals surface area contributed by atoms with Gasteiger partial charge in [0.15, 0.2) is 0 Å². The van der Waals surface area contributed by atoms with Crippen LogP contribution in [0.25, 0.3) is 21.7 Å². The van der Waals surface area contributed by atoms with Crippen LogP contribution in [-0.4, -0.2) is 10.1 Å². The molecule has 2 heteroatoms. The molecule has 2 aromatic carbocycles. The van der Waals surface area contributed by atoms with Crippen LogP contribution in [0.1, 0.15) is 11.3 Å². The van der Waals surface area contributed by atoms with Crippen LogP contribution in [-0.2, 0) is 0 Å². The molecule has 3 rings (SSSR count). The average molecular weight is 223 g/mol. The normalized spacial score (nSPS) is 11.2. The van der Waals surface area contributed by atoms with Gasteiger partial charge in [0.2, 0.25) is 0 Å². The number of fused-ring (bicyclic) bond motifs is 3. The molecule has 0 spiro atoms. The third kappa shape index (κ3) is 1.45. The van der Waals surface area contributed by atoms with E-state index in [0.29, 0.717) is 5.75 Å². The highest BCUT2D eigenvalue weighted by molar-refractivity contribution is 6.09. The quantitative estimate of drug-likeness (QED) is 0.589. The summed E-state index contributed by atoms with van der Waals surface area (Å²) >= 11 is 0. The molecule has 0 saturated carbocycles. The summed E-state index contributed by atoms with van der Waals surface area (Å²) in [7, 11) is 0. The number of hydrogen-bond donors (Lipinski definition) is 1. The zero-order chi connectivity index (χ0) is 12.0. The Bertz CT molecular complexity index is 732. The SMILES string of the molecule is Cc1cc(C)c2ccc3cccc(O)c3c2n1. The molecule has 84 valence electrons. The lowest BCUT2D eigenvalue weighted by molar-refractivity contribution is 0.482. The predicted octanol–water partition coefficient (Wildman–Crippen LogP) is 3.71. The second kappa shape index (κ2) is 3.45. The zero-order valence-corrected chi connectivity index (χ0v) is 9.86. The van der Waals surface area contributed by atoms with Gasteiger partial charge in [-0.3, -0.25) is 4.98 Å². The summed E-state index contributed by atoms with van der Waals surface area (Å²) in [4.78, 5) is 4.57. The van der Waals surface area contributed by atoms with Crippen molar-refractivity contribution in [1.82, 2.24) is 4.98 Å². The molecule has 0 amide bonds. The van der Waals surface area contributed by atoms with Crippen molar-refractivity contribution in [1.29, 1.82) is 0 Å². The fourth-order valence-electron chi connectivity index (χ4n) is 2.38. The largest absolute Gasteiger partial charge is 0.507 e. The van der Waals surface area contributed by atoms with Crippen molar-refractivity contribution in [2.75, 3.05) is 0 Å². The number of aromatic hydroxyl groups is 1. The Morgan fingerprint density at radius 3 is 2.71 bits per heavy atom. The maximum Gasteiger partial charge on any atom is 0.125 e. The number of aryl methyl sites for hydroxylation is 2. The molecule has 0 aliphatic heterocycles. The smallest absolute Gasteiger partial charge is 0.125 e. The van der Waals surface area contributed by atoms with E-state index < -0.39 is 0 Å². The molecule has 17 heavy (non-hydrogen) atoms. The van der Waals surface area contributed by atoms with Gasteiger partial charge in [-0.05, 0) is 36.9 Å². The van der Waals surface area contributed by atoms with Crippen molar-refractivity contribution in [3.63, 3.8) is 0 Å². The standard InChI is InChI=1S/C15H13NO/c1-9-8-10(2)16-15-12(9)7-6-11-4-3-5-13(17)14(11)15/h3-8,17H,1-2H3. The van der Waals surface area contributed by atoms with E-state index in [1.54, 1.807) is 6.07 Å². The highest BCUT2D eigenvalue weighted by Crippen LogP contribution is 2.32. The molecule has 0 aliphatic carbocycles. The van der Waals surface area contributed by atoms with Crippen molar-refractivity contribution in [3.05, 3.63) is 47.7 Å². The Hall–Kier alpha value is -2.09. The molecule has 1 N–H and O–H groups in total. The first-order chi connectivity index (χ1) is 8.16. The fraction of sp³-hybridized carbons (Fsp3) is 0.133. The number of phenolic OH excluding ortho intramolecular Hbond substituents is 1. The number of nitrogens with zero attached hydrogens (tertiary/aromatic N) is 1. The van der Waals surface area contributed by atoms with Gasteiger partial charge in [0, 0.05) is 16.5 Å². The summed E-state index contributed by atoms with van der Waals surface area (Å²) in [5.41, 5.74) is 3.06. The maximum absolute atomic E-state index is 10.0. The first-order valence-corrected chi connectivity index (χ1v) is 5.65. The van der Waals surface area contributed by atoms with E-state index in [2.05, 4.69) is 24.0 Å². The summed E-state index contributed by atoms with van der Waals surface area (Å²) in [5.74, 6) is 0.297. The number of benzene rings is 2. The lowest BCUT2D eigenvalue weighted by Gasteiger charge is -2.08. The molecule has 0 radical (unpaired) electrons. The van der Waals surface area contributed by atoms with Crippen LogP contribution in [0.5, 0.6) is 5.75 Å². The van der Waals surface area contributed by atoms with Crippen LogP contribution in [0.2, 0.25) is 0 Å². The van der Waals surface area contributed by atoms with Crippen molar-refractivity contribution in [2.24, 2.45) is 0 Å². The van der Waals surface area contributed by atoms with E-state index >= 15 is 0 Å². The second-order valence-corrected chi connectivity index (χ2v) is 4.42. The zero-order valence-electron chi connectivity index (χ0n) is 9.86. The Morgan fingerprint density at radius 1 is 1.06 bits per heavy atom. The Balaban J connectivity index is 2.63. The van der Waals surface area contributed by atoms with Gasteiger partial charge in [-0.25, -0.2) is 0 Å². The third-order valence-corrected chi connectivity index (χ3v) is 3.13. The highest BCUT2D eigenvalue weighted by Gasteiger charge is 2.08. The summed E-state index contributed by atoms with van der Waals surface area (Å²) < 4.78 is 0. The van der Waals surface area contributed by atoms with Crippen LogP contribution in [0.3, 0.4) is 0 Å². The van der Waals surface area contributed by atoms with E-state index in [0.717, 1.165) is 27.4 Å². The monoisotopic (exact) mass is 223 g/mol. The molecule has 0 saturated heterocycles. The summed E-state index contributed by atoms with van der Waals surface area (Å²) in [6.45, 7) is 4.05. The summed E-state index contributed by atoms with van der Waals surface area (Å²) in [6.07, 6.45) is 0. The van der Waals surface area contributed by atoms with Crippen molar-refractivity contribution < 1.29 is 5.11 Å². The van der Waals surface area contributed by atoms with Gasteiger partial charge < -0.3 is 5.11 Å². The van der Waals surface area contributed by atoms with Crippen LogP contribution in [0.15, 0.2) is 36.4 Å². The van der Waals surface area contributed by atoms with Gasteiger partial charge in [-0.2, -0.15) is 0 Å². The van der Waals surface area contributed by atoms with E-state index in [-0.39, 0.29) is 0 Å². The molecule has 1 heterocycles. The molecule has 3 aromatic rings. The number of rotatable bonds is 0. The van der Waals surface area contributed by atoms with Gasteiger partial charge in [-0.1, -0.05) is 24.3 Å². The van der Waals surface area contributed by atoms with E-state index in [4.69, 9.17) is 0 Å². The van der Waals surface area contributed by atoms with Gasteiger partial charge in [0.1, 0.15) is 5.75 Å². The fourth-order valence-corrected chi connectivity index (χ4v) is 2.38. The lowest BCUT2D eigenvalue weighted by Crippen LogP contribution is -1.89. The Kier molecular flexibility index (Phi) is 2.05. The maximum atomic E-state index is 10.0. The Labute approximate surface area is 99.5 Å². The van der Waals surface area contributed by atoms with Crippen molar-refractivity contribution in [2.45, 2.75) is 13.8 Å². The lowest BCUT2D eigenvalue weighted by atomic mass is 10.0. The molecule has 2 nitrogen and oxygen atoms in total. The molecule has 1 aromatic heterocycles. The van der Waals surface area contributed by atoms with Crippen LogP contribution in [0, 0.1) is 13.8 Å². The molecule has 0 bridgehead atoms. The van der Waals surface area contributed by atoms with Crippen molar-refractivity contribution in [3.8, 4) is 5.75 Å². The minimum atomic E-state index is 0.297. The van der Waals surface area contributed by atoms with Gasteiger partial charge >= 0.3 is 0 Å². The van der Waals surface area contributed by atoms with Gasteiger partial charge in [-0.15, -0.1) is 0 Å². The van der Waals surface area contributed by atoms with E-state index in [1.165, 1.54) is 5.56 Å². The molecular formula is C15H13NO. The number of aromatic nitrogens is 1. The average Bonchev–Trinajstić information content (AvgIpc) is 2.28. The number of pyridine rings is 1. The van der Waals surface area contributed by atoms with Crippen LogP contribution in [0.4, 0.5) is 0 Å². The predicted molar refractivity (Wildman–Crippen MR) is 70.4 cm³/mol.